The van der Waals surface area contributed by atoms with Crippen LogP contribution < -0.4 is 26.2 Å². The monoisotopic (exact) mass is 547 g/mol. The number of nitrogens with zero attached hydrogens (tertiary/aromatic N) is 1. The first-order valence-electron chi connectivity index (χ1n) is 10.4. The summed E-state index contributed by atoms with van der Waals surface area (Å²) >= 11 is 6.79. The number of ether oxygens (including phenoxy) is 1. The molecule has 10 nitrogen and oxygen atoms in total. The largest absolute Gasteiger partial charge is 0.418 e. The molecule has 4 N–H and O–H groups in total. The van der Waals surface area contributed by atoms with Crippen LogP contribution in [0.2, 0.25) is 4.34 Å². The third-order valence-electron chi connectivity index (χ3n) is 4.98. The number of anilines is 2. The molecule has 3 rings (SSSR count). The first-order chi connectivity index (χ1) is 17.0. The fourth-order valence-electron chi connectivity index (χ4n) is 3.21. The molecule has 5 amide bonds. The second kappa shape index (κ2) is 11.6. The maximum Gasteiger partial charge on any atom is 0.418 e. The minimum Gasteiger partial charge on any atom is -0.370 e. The number of hydrogen-bond acceptors (Lipinski definition) is 6. The van der Waals surface area contributed by atoms with E-state index in [1.165, 1.54) is 25.2 Å². The van der Waals surface area contributed by atoms with Crippen LogP contribution in [0.3, 0.4) is 0 Å². The van der Waals surface area contributed by atoms with Crippen molar-refractivity contribution in [1.29, 1.82) is 0 Å². The van der Waals surface area contributed by atoms with Crippen molar-refractivity contribution in [3.63, 3.8) is 0 Å². The third-order valence-corrected chi connectivity index (χ3v) is 6.21. The minimum absolute atomic E-state index is 0.00414. The Labute approximate surface area is 212 Å². The number of benzene rings is 1. The average Bonchev–Trinajstić information content (AvgIpc) is 3.27. The highest BCUT2D eigenvalue weighted by atomic mass is 35.5. The number of alkyl halides is 3. The maximum atomic E-state index is 13.8. The third kappa shape index (κ3) is 6.86. The molecule has 1 atom stereocenters. The van der Waals surface area contributed by atoms with Crippen molar-refractivity contribution < 1.29 is 37.1 Å². The number of urea groups is 1. The number of morpholine rings is 1. The van der Waals surface area contributed by atoms with Crippen LogP contribution in [0.25, 0.3) is 0 Å². The molecule has 1 fully saturated rings. The fraction of sp³-hybridized carbons (Fsp3) is 0.333. The quantitative estimate of drug-likeness (QED) is 0.423. The van der Waals surface area contributed by atoms with Gasteiger partial charge >= 0.3 is 12.2 Å². The molecule has 0 aliphatic carbocycles. The molecule has 15 heteroatoms. The van der Waals surface area contributed by atoms with Crippen molar-refractivity contribution in [2.24, 2.45) is 0 Å². The van der Waals surface area contributed by atoms with Crippen LogP contribution in [-0.4, -0.2) is 63.1 Å². The van der Waals surface area contributed by atoms with E-state index in [-0.39, 0.29) is 30.3 Å². The summed E-state index contributed by atoms with van der Waals surface area (Å²) in [6, 6.07) is 3.77. The molecular formula is C21H21ClF3N5O5S. The zero-order valence-electron chi connectivity index (χ0n) is 18.7. The molecule has 0 spiro atoms. The first kappa shape index (κ1) is 27.2. The first-order valence-corrected chi connectivity index (χ1v) is 11.6. The summed E-state index contributed by atoms with van der Waals surface area (Å²) in [5.41, 5.74) is -1.78. The van der Waals surface area contributed by atoms with E-state index in [0.717, 1.165) is 28.4 Å². The van der Waals surface area contributed by atoms with Gasteiger partial charge in [-0.3, -0.25) is 14.4 Å². The SMILES string of the molecule is CNC(=O)N[C@H](CNC(=O)c1ccc(Cl)s1)C(=O)Nc1ccc(N2CCOCC2=O)cc1C(F)(F)F. The van der Waals surface area contributed by atoms with Crippen molar-refractivity contribution in [1.82, 2.24) is 16.0 Å². The number of nitrogens with one attached hydrogen (secondary N) is 4. The van der Waals surface area contributed by atoms with E-state index in [1.54, 1.807) is 0 Å². The molecule has 1 aromatic heterocycles. The number of rotatable bonds is 7. The predicted octanol–water partition coefficient (Wildman–Crippen LogP) is 2.45. The van der Waals surface area contributed by atoms with Crippen molar-refractivity contribution in [3.8, 4) is 0 Å². The van der Waals surface area contributed by atoms with Gasteiger partial charge in [-0.25, -0.2) is 4.79 Å². The summed E-state index contributed by atoms with van der Waals surface area (Å²) < 4.78 is 46.8. The van der Waals surface area contributed by atoms with E-state index in [0.29, 0.717) is 4.34 Å². The molecule has 0 radical (unpaired) electrons. The second-order valence-electron chi connectivity index (χ2n) is 7.40. The average molecular weight is 548 g/mol. The topological polar surface area (TPSA) is 129 Å². The van der Waals surface area contributed by atoms with E-state index in [4.69, 9.17) is 16.3 Å². The van der Waals surface area contributed by atoms with E-state index in [9.17, 15) is 32.3 Å². The Balaban J connectivity index is 1.80. The molecule has 2 aromatic rings. The van der Waals surface area contributed by atoms with Crippen LogP contribution in [-0.2, 0) is 20.5 Å². The predicted molar refractivity (Wildman–Crippen MR) is 126 cm³/mol. The van der Waals surface area contributed by atoms with Gasteiger partial charge in [-0.1, -0.05) is 11.6 Å². The van der Waals surface area contributed by atoms with Crippen LogP contribution in [0, 0.1) is 0 Å². The number of thiophene rings is 1. The Hall–Kier alpha value is -3.36. The fourth-order valence-corrected chi connectivity index (χ4v) is 4.17. The van der Waals surface area contributed by atoms with Gasteiger partial charge in [-0.05, 0) is 30.3 Å². The summed E-state index contributed by atoms with van der Waals surface area (Å²) in [7, 11) is 1.28. The molecule has 1 aliphatic heterocycles. The van der Waals surface area contributed by atoms with Gasteiger partial charge in [0, 0.05) is 25.8 Å². The van der Waals surface area contributed by atoms with E-state index < -0.39 is 53.8 Å². The lowest BCUT2D eigenvalue weighted by Crippen LogP contribution is -2.52. The zero-order chi connectivity index (χ0) is 26.5. The van der Waals surface area contributed by atoms with Crippen LogP contribution in [0.1, 0.15) is 15.2 Å². The summed E-state index contributed by atoms with van der Waals surface area (Å²) in [5, 5.41) is 9.11. The molecule has 0 saturated carbocycles. The maximum absolute atomic E-state index is 13.8. The van der Waals surface area contributed by atoms with Gasteiger partial charge in [0.2, 0.25) is 5.91 Å². The lowest BCUT2D eigenvalue weighted by molar-refractivity contribution is -0.137. The number of halogens is 4. The van der Waals surface area contributed by atoms with Gasteiger partial charge in [-0.15, -0.1) is 11.3 Å². The molecule has 0 unspecified atom stereocenters. The van der Waals surface area contributed by atoms with E-state index >= 15 is 0 Å². The summed E-state index contributed by atoms with van der Waals surface area (Å²) in [4.78, 5) is 50.4. The number of carbonyl (C=O) groups excluding carboxylic acids is 4. The van der Waals surface area contributed by atoms with Crippen LogP contribution in [0.5, 0.6) is 0 Å². The molecule has 1 aromatic carbocycles. The molecule has 0 bridgehead atoms. The Morgan fingerprint density at radius 2 is 1.97 bits per heavy atom. The second-order valence-corrected chi connectivity index (χ2v) is 9.12. The summed E-state index contributed by atoms with van der Waals surface area (Å²) in [6.07, 6.45) is -4.87. The molecule has 36 heavy (non-hydrogen) atoms. The lowest BCUT2D eigenvalue weighted by Gasteiger charge is -2.28. The Kier molecular flexibility index (Phi) is 8.76. The Bertz CT molecular complexity index is 1160. The van der Waals surface area contributed by atoms with Crippen molar-refractivity contribution in [3.05, 3.63) is 45.1 Å². The molecule has 2 heterocycles. The minimum atomic E-state index is -4.87. The highest BCUT2D eigenvalue weighted by Gasteiger charge is 2.36. The van der Waals surface area contributed by atoms with E-state index in [1.807, 2.05) is 0 Å². The highest BCUT2D eigenvalue weighted by Crippen LogP contribution is 2.37. The standard InChI is InChI=1S/C21H21ClF3N5O5S/c1-26-20(34)29-14(9-27-19(33)15-4-5-16(22)36-15)18(32)28-13-3-2-11(8-12(13)21(23,24)25)30-6-7-35-10-17(30)31/h2-5,8,14H,6-7,9-10H2,1H3,(H,27,33)(H,28,32)(H2,26,29,34)/t14-/m1/s1. The van der Waals surface area contributed by atoms with Crippen LogP contribution >= 0.6 is 22.9 Å². The van der Waals surface area contributed by atoms with Gasteiger partial charge in [-0.2, -0.15) is 13.2 Å². The van der Waals surface area contributed by atoms with Gasteiger partial charge in [0.05, 0.1) is 27.1 Å². The number of carbonyl (C=O) groups is 4. The summed E-state index contributed by atoms with van der Waals surface area (Å²) in [5.74, 6) is -2.09. The van der Waals surface area contributed by atoms with E-state index in [2.05, 4.69) is 21.3 Å². The Morgan fingerprint density at radius 1 is 1.22 bits per heavy atom. The zero-order valence-corrected chi connectivity index (χ0v) is 20.3. The molecule has 1 aliphatic rings. The van der Waals surface area contributed by atoms with Crippen molar-refractivity contribution in [2.45, 2.75) is 12.2 Å². The van der Waals surface area contributed by atoms with Gasteiger partial charge in [0.25, 0.3) is 11.8 Å². The Morgan fingerprint density at radius 3 is 2.58 bits per heavy atom. The van der Waals surface area contributed by atoms with Crippen LogP contribution in [0.4, 0.5) is 29.3 Å². The smallest absolute Gasteiger partial charge is 0.370 e. The van der Waals surface area contributed by atoms with Crippen molar-refractivity contribution >= 4 is 58.1 Å². The normalized spacial score (nSPS) is 14.7. The molecule has 1 saturated heterocycles. The number of amides is 5. The molecule has 194 valence electrons. The van der Waals surface area contributed by atoms with Crippen LogP contribution in [0.15, 0.2) is 30.3 Å². The lowest BCUT2D eigenvalue weighted by atomic mass is 10.1. The van der Waals surface area contributed by atoms with Gasteiger partial charge < -0.3 is 30.9 Å². The summed E-state index contributed by atoms with van der Waals surface area (Å²) in [6.45, 7) is -0.428. The van der Waals surface area contributed by atoms with Gasteiger partial charge in [0.15, 0.2) is 0 Å². The number of hydrogen-bond donors (Lipinski definition) is 4. The highest BCUT2D eigenvalue weighted by molar-refractivity contribution is 7.18. The van der Waals surface area contributed by atoms with Gasteiger partial charge in [0.1, 0.15) is 12.6 Å². The molecular weight excluding hydrogens is 527 g/mol. The van der Waals surface area contributed by atoms with Crippen molar-refractivity contribution in [2.75, 3.05) is 43.6 Å².